The predicted octanol–water partition coefficient (Wildman–Crippen LogP) is 2.12. The van der Waals surface area contributed by atoms with Crippen molar-refractivity contribution in [2.45, 2.75) is 25.8 Å². The van der Waals surface area contributed by atoms with Gasteiger partial charge in [-0.05, 0) is 35.2 Å². The van der Waals surface area contributed by atoms with Gasteiger partial charge in [-0.25, -0.2) is 4.98 Å². The summed E-state index contributed by atoms with van der Waals surface area (Å²) in [4.78, 5) is 15.6. The minimum absolute atomic E-state index is 0.00667. The number of hydrogen-bond donors (Lipinski definition) is 0. The molecule has 1 heterocycles. The Kier molecular flexibility index (Phi) is 2.82. The zero-order valence-electron chi connectivity index (χ0n) is 7.74. The maximum atomic E-state index is 11.6. The second-order valence-electron chi connectivity index (χ2n) is 3.43. The van der Waals surface area contributed by atoms with Gasteiger partial charge in [0, 0.05) is 12.7 Å². The van der Waals surface area contributed by atoms with E-state index < -0.39 is 0 Å². The summed E-state index contributed by atoms with van der Waals surface area (Å²) in [6, 6.07) is 0. The lowest BCUT2D eigenvalue weighted by Crippen LogP contribution is -2.21. The Morgan fingerprint density at radius 2 is 2.43 bits per heavy atom. The minimum Gasteiger partial charge on any atom is -0.294 e. The van der Waals surface area contributed by atoms with Gasteiger partial charge in [0.25, 0.3) is 5.56 Å². The molecule has 0 bridgehead atoms. The molecule has 0 fully saturated rings. The molecule has 0 unspecified atom stereocenters. The van der Waals surface area contributed by atoms with Crippen molar-refractivity contribution in [1.82, 2.24) is 9.55 Å². The summed E-state index contributed by atoms with van der Waals surface area (Å²) in [7, 11) is 0. The molecule has 0 aromatic carbocycles. The van der Waals surface area contributed by atoms with Crippen LogP contribution in [0.2, 0.25) is 0 Å². The molecule has 1 aromatic rings. The third-order valence-electron chi connectivity index (χ3n) is 2.37. The van der Waals surface area contributed by atoms with Gasteiger partial charge >= 0.3 is 0 Å². The van der Waals surface area contributed by atoms with Crippen molar-refractivity contribution in [1.29, 1.82) is 0 Å². The first-order chi connectivity index (χ1) is 6.77. The molecular weight excluding hydrogens is 244 g/mol. The lowest BCUT2D eigenvalue weighted by molar-refractivity contribution is 0.700. The quantitative estimate of drug-likeness (QED) is 0.758. The minimum atomic E-state index is -0.00667. The van der Waals surface area contributed by atoms with Crippen molar-refractivity contribution in [2.24, 2.45) is 0 Å². The maximum Gasteiger partial charge on any atom is 0.267 e. The van der Waals surface area contributed by atoms with Crippen LogP contribution in [-0.2, 0) is 6.54 Å². The summed E-state index contributed by atoms with van der Waals surface area (Å²) in [6.07, 6.45) is 8.80. The molecule has 2 rings (SSSR count). The van der Waals surface area contributed by atoms with Crippen LogP contribution < -0.4 is 5.56 Å². The zero-order valence-corrected chi connectivity index (χ0v) is 9.33. The van der Waals surface area contributed by atoms with Gasteiger partial charge in [-0.2, -0.15) is 0 Å². The summed E-state index contributed by atoms with van der Waals surface area (Å²) >= 11 is 3.18. The van der Waals surface area contributed by atoms with Crippen LogP contribution in [0, 0.1) is 0 Å². The van der Waals surface area contributed by atoms with E-state index in [1.165, 1.54) is 18.2 Å². The van der Waals surface area contributed by atoms with Crippen LogP contribution in [0.25, 0.3) is 0 Å². The molecule has 14 heavy (non-hydrogen) atoms. The summed E-state index contributed by atoms with van der Waals surface area (Å²) in [6.45, 7) is 0.686. The Hall–Kier alpha value is -0.900. The van der Waals surface area contributed by atoms with E-state index in [1.807, 2.05) is 0 Å². The van der Waals surface area contributed by atoms with Crippen molar-refractivity contribution in [3.8, 4) is 0 Å². The average Bonchev–Trinajstić information content (AvgIpc) is 2.66. The summed E-state index contributed by atoms with van der Waals surface area (Å²) in [5.41, 5.74) is 1.33. The van der Waals surface area contributed by atoms with Crippen molar-refractivity contribution >= 4 is 15.9 Å². The Bertz CT molecular complexity index is 422. The van der Waals surface area contributed by atoms with Gasteiger partial charge in [-0.15, -0.1) is 0 Å². The molecule has 1 aliphatic rings. The summed E-state index contributed by atoms with van der Waals surface area (Å²) in [5.74, 6) is 0. The lowest BCUT2D eigenvalue weighted by atomic mass is 10.2. The van der Waals surface area contributed by atoms with E-state index in [4.69, 9.17) is 0 Å². The Morgan fingerprint density at radius 3 is 3.14 bits per heavy atom. The number of nitrogens with zero attached hydrogens (tertiary/aromatic N) is 2. The van der Waals surface area contributed by atoms with Crippen molar-refractivity contribution in [3.05, 3.63) is 39.0 Å². The standard InChI is InChI=1S/C10H11BrN2O/c11-9-5-12-7-13(10(9)14)6-8-3-1-2-4-8/h3,5,7H,1-2,4,6H2. The zero-order chi connectivity index (χ0) is 9.97. The van der Waals surface area contributed by atoms with Crippen LogP contribution in [0.3, 0.4) is 0 Å². The highest BCUT2D eigenvalue weighted by Crippen LogP contribution is 2.18. The highest BCUT2D eigenvalue weighted by Gasteiger charge is 2.07. The largest absolute Gasteiger partial charge is 0.294 e. The van der Waals surface area contributed by atoms with E-state index in [0.717, 1.165) is 12.8 Å². The number of halogens is 1. The molecule has 0 spiro atoms. The van der Waals surface area contributed by atoms with Crippen LogP contribution in [0.1, 0.15) is 19.3 Å². The van der Waals surface area contributed by atoms with Gasteiger partial charge in [-0.3, -0.25) is 9.36 Å². The molecule has 74 valence electrons. The molecule has 3 nitrogen and oxygen atoms in total. The Morgan fingerprint density at radius 1 is 1.57 bits per heavy atom. The molecule has 1 aromatic heterocycles. The number of allylic oxidation sites excluding steroid dienone is 2. The van der Waals surface area contributed by atoms with E-state index in [9.17, 15) is 4.79 Å². The number of aromatic nitrogens is 2. The van der Waals surface area contributed by atoms with Crippen molar-refractivity contribution < 1.29 is 0 Å². The molecule has 0 saturated carbocycles. The van der Waals surface area contributed by atoms with E-state index in [0.29, 0.717) is 11.0 Å². The monoisotopic (exact) mass is 254 g/mol. The predicted molar refractivity (Wildman–Crippen MR) is 58.1 cm³/mol. The third kappa shape index (κ3) is 1.95. The van der Waals surface area contributed by atoms with Gasteiger partial charge < -0.3 is 0 Å². The SMILES string of the molecule is O=c1c(Br)cncn1CC1=CCCC1. The fraction of sp³-hybridized carbons (Fsp3) is 0.400. The second-order valence-corrected chi connectivity index (χ2v) is 4.28. The van der Waals surface area contributed by atoms with Gasteiger partial charge in [-0.1, -0.05) is 11.6 Å². The second kappa shape index (κ2) is 4.09. The smallest absolute Gasteiger partial charge is 0.267 e. The Labute approximate surface area is 90.6 Å². The fourth-order valence-electron chi connectivity index (χ4n) is 1.64. The van der Waals surface area contributed by atoms with Gasteiger partial charge in [0.2, 0.25) is 0 Å². The average molecular weight is 255 g/mol. The first-order valence-corrected chi connectivity index (χ1v) is 5.44. The van der Waals surface area contributed by atoms with Crippen LogP contribution >= 0.6 is 15.9 Å². The van der Waals surface area contributed by atoms with E-state index in [2.05, 4.69) is 27.0 Å². The highest BCUT2D eigenvalue weighted by atomic mass is 79.9. The molecule has 4 heteroatoms. The van der Waals surface area contributed by atoms with Gasteiger partial charge in [0.15, 0.2) is 0 Å². The van der Waals surface area contributed by atoms with Crippen molar-refractivity contribution in [2.75, 3.05) is 0 Å². The normalized spacial score (nSPS) is 15.6. The molecule has 0 saturated heterocycles. The first kappa shape index (κ1) is 9.65. The fourth-order valence-corrected chi connectivity index (χ4v) is 1.98. The Balaban J connectivity index is 2.24. The van der Waals surface area contributed by atoms with Crippen molar-refractivity contribution in [3.63, 3.8) is 0 Å². The molecule has 0 radical (unpaired) electrons. The van der Waals surface area contributed by atoms with Crippen LogP contribution in [0.4, 0.5) is 0 Å². The van der Waals surface area contributed by atoms with Gasteiger partial charge in [0.05, 0.1) is 6.33 Å². The van der Waals surface area contributed by atoms with Crippen LogP contribution in [0.5, 0.6) is 0 Å². The maximum absolute atomic E-state index is 11.6. The van der Waals surface area contributed by atoms with E-state index in [-0.39, 0.29) is 5.56 Å². The first-order valence-electron chi connectivity index (χ1n) is 4.65. The summed E-state index contributed by atoms with van der Waals surface area (Å²) < 4.78 is 2.17. The highest BCUT2D eigenvalue weighted by molar-refractivity contribution is 9.10. The van der Waals surface area contributed by atoms with E-state index >= 15 is 0 Å². The lowest BCUT2D eigenvalue weighted by Gasteiger charge is -2.05. The molecule has 0 aliphatic heterocycles. The molecule has 1 aliphatic carbocycles. The van der Waals surface area contributed by atoms with Crippen LogP contribution in [-0.4, -0.2) is 9.55 Å². The molecule has 0 atom stereocenters. The van der Waals surface area contributed by atoms with E-state index in [1.54, 1.807) is 10.9 Å². The molecular formula is C10H11BrN2O. The molecule has 0 N–H and O–H groups in total. The topological polar surface area (TPSA) is 34.9 Å². The van der Waals surface area contributed by atoms with Crippen LogP contribution in [0.15, 0.2) is 33.4 Å². The molecule has 0 amide bonds. The summed E-state index contributed by atoms with van der Waals surface area (Å²) in [5, 5.41) is 0. The number of rotatable bonds is 2. The number of hydrogen-bond acceptors (Lipinski definition) is 2. The third-order valence-corrected chi connectivity index (χ3v) is 2.91. The van der Waals surface area contributed by atoms with Gasteiger partial charge in [0.1, 0.15) is 4.47 Å².